The van der Waals surface area contributed by atoms with Crippen LogP contribution in [0.5, 0.6) is 0 Å². The van der Waals surface area contributed by atoms with Crippen LogP contribution in [0.15, 0.2) is 30.3 Å². The Balaban J connectivity index is 1.94. The summed E-state index contributed by atoms with van der Waals surface area (Å²) in [5.74, 6) is 0. The summed E-state index contributed by atoms with van der Waals surface area (Å²) in [5.41, 5.74) is 5.72. The minimum atomic E-state index is -3.23. The molecule has 0 radical (unpaired) electrons. The minimum Gasteiger partial charge on any atom is -0.305 e. The summed E-state index contributed by atoms with van der Waals surface area (Å²) >= 11 is 1.49. The summed E-state index contributed by atoms with van der Waals surface area (Å²) < 4.78 is 24.7. The highest BCUT2D eigenvalue weighted by molar-refractivity contribution is 7.68. The van der Waals surface area contributed by atoms with Crippen LogP contribution in [0.2, 0.25) is 0 Å². The maximum Gasteiger partial charge on any atom is 0.371 e. The molecule has 1 aliphatic rings. The van der Waals surface area contributed by atoms with Gasteiger partial charge >= 0.3 is 7.60 Å². The minimum absolute atomic E-state index is 0.195. The smallest absolute Gasteiger partial charge is 0.305 e. The zero-order valence-electron chi connectivity index (χ0n) is 19.4. The van der Waals surface area contributed by atoms with E-state index in [1.165, 1.54) is 40.9 Å². The van der Waals surface area contributed by atoms with Crippen LogP contribution in [0.25, 0.3) is 11.6 Å². The van der Waals surface area contributed by atoms with Crippen molar-refractivity contribution in [3.05, 3.63) is 51.9 Å². The van der Waals surface area contributed by atoms with Gasteiger partial charge in [0, 0.05) is 4.88 Å². The SMILES string of the molecule is CCOP(=O)(OCC)c1ccc(/C(C)=C/c2ccc3c(c2)C(C)(C)CCC3(C)C)s1. The predicted octanol–water partition coefficient (Wildman–Crippen LogP) is 7.55. The van der Waals surface area contributed by atoms with Crippen LogP contribution < -0.4 is 4.62 Å². The largest absolute Gasteiger partial charge is 0.371 e. The van der Waals surface area contributed by atoms with Crippen molar-refractivity contribution in [2.75, 3.05) is 13.2 Å². The van der Waals surface area contributed by atoms with Crippen molar-refractivity contribution < 1.29 is 13.6 Å². The van der Waals surface area contributed by atoms with E-state index in [1.54, 1.807) is 0 Å². The van der Waals surface area contributed by atoms with Crippen LogP contribution >= 0.6 is 18.9 Å². The Labute approximate surface area is 186 Å². The first-order valence-corrected chi connectivity index (χ1v) is 13.2. The zero-order valence-corrected chi connectivity index (χ0v) is 21.1. The fourth-order valence-electron chi connectivity index (χ4n) is 4.21. The van der Waals surface area contributed by atoms with E-state index in [4.69, 9.17) is 9.05 Å². The second kappa shape index (κ2) is 8.74. The molecule has 2 aromatic rings. The maximum atomic E-state index is 13.0. The second-order valence-corrected chi connectivity index (χ2v) is 12.8. The van der Waals surface area contributed by atoms with Gasteiger partial charge in [0.2, 0.25) is 0 Å². The molecule has 0 aliphatic heterocycles. The predicted molar refractivity (Wildman–Crippen MR) is 130 cm³/mol. The molecule has 0 N–H and O–H groups in total. The quantitative estimate of drug-likeness (QED) is 0.412. The summed E-state index contributed by atoms with van der Waals surface area (Å²) in [5, 5.41) is 0. The molecule has 0 spiro atoms. The van der Waals surface area contributed by atoms with Crippen molar-refractivity contribution in [3.8, 4) is 0 Å². The first-order valence-electron chi connectivity index (χ1n) is 10.9. The highest BCUT2D eigenvalue weighted by Crippen LogP contribution is 2.49. The molecule has 0 atom stereocenters. The molecule has 0 saturated carbocycles. The Morgan fingerprint density at radius 2 is 1.60 bits per heavy atom. The molecule has 1 heterocycles. The van der Waals surface area contributed by atoms with Gasteiger partial charge in [-0.3, -0.25) is 4.57 Å². The van der Waals surface area contributed by atoms with Crippen molar-refractivity contribution in [2.24, 2.45) is 0 Å². The normalized spacial score (nSPS) is 18.3. The molecular weight excluding hydrogens is 411 g/mol. The van der Waals surface area contributed by atoms with E-state index in [9.17, 15) is 4.57 Å². The fourth-order valence-corrected chi connectivity index (χ4v) is 7.25. The van der Waals surface area contributed by atoms with Crippen molar-refractivity contribution in [2.45, 2.75) is 72.1 Å². The van der Waals surface area contributed by atoms with E-state index in [2.05, 4.69) is 58.9 Å². The molecule has 0 amide bonds. The highest BCUT2D eigenvalue weighted by atomic mass is 32.1. The molecule has 0 saturated heterocycles. The van der Waals surface area contributed by atoms with Gasteiger partial charge in [-0.15, -0.1) is 11.3 Å². The van der Waals surface area contributed by atoms with Gasteiger partial charge in [-0.05, 0) is 78.8 Å². The van der Waals surface area contributed by atoms with E-state index in [0.29, 0.717) is 17.8 Å². The molecule has 5 heteroatoms. The van der Waals surface area contributed by atoms with Crippen LogP contribution in [-0.2, 0) is 24.4 Å². The third-order valence-electron chi connectivity index (χ3n) is 6.11. The summed E-state index contributed by atoms with van der Waals surface area (Å²) in [6.45, 7) is 15.9. The van der Waals surface area contributed by atoms with Crippen LogP contribution in [-0.4, -0.2) is 13.2 Å². The third-order valence-corrected chi connectivity index (χ3v) is 9.96. The van der Waals surface area contributed by atoms with E-state index in [-0.39, 0.29) is 10.8 Å². The van der Waals surface area contributed by atoms with E-state index in [0.717, 1.165) is 10.5 Å². The number of hydrogen-bond donors (Lipinski definition) is 0. The topological polar surface area (TPSA) is 35.5 Å². The molecule has 3 nitrogen and oxygen atoms in total. The Morgan fingerprint density at radius 3 is 2.20 bits per heavy atom. The molecule has 0 bridgehead atoms. The average Bonchev–Trinajstić information content (AvgIpc) is 3.17. The van der Waals surface area contributed by atoms with Gasteiger partial charge in [-0.25, -0.2) is 0 Å². The fraction of sp³-hybridized carbons (Fsp3) is 0.520. The lowest BCUT2D eigenvalue weighted by Crippen LogP contribution is -2.33. The van der Waals surface area contributed by atoms with Crippen LogP contribution in [0.3, 0.4) is 0 Å². The van der Waals surface area contributed by atoms with Crippen molar-refractivity contribution in [1.29, 1.82) is 0 Å². The van der Waals surface area contributed by atoms with E-state index >= 15 is 0 Å². The van der Waals surface area contributed by atoms with Gasteiger partial charge < -0.3 is 9.05 Å². The van der Waals surface area contributed by atoms with Gasteiger partial charge in [0.25, 0.3) is 0 Å². The number of rotatable bonds is 7. The Kier molecular flexibility index (Phi) is 6.84. The molecule has 1 aliphatic carbocycles. The standard InChI is InChI=1S/C25H35O3PS/c1-8-27-29(26,28-9-2)23-13-12-22(30-23)18(3)16-19-10-11-20-21(17-19)25(6,7)15-14-24(20,4)5/h10-13,16-17H,8-9,14-15H2,1-7H3/b18-16+. The number of thiophene rings is 1. The monoisotopic (exact) mass is 446 g/mol. The Bertz CT molecular complexity index is 974. The molecule has 0 fully saturated rings. The number of fused-ring (bicyclic) bond motifs is 1. The molecule has 3 rings (SSSR count). The molecule has 1 aromatic heterocycles. The Hall–Kier alpha value is -1.19. The lowest BCUT2D eigenvalue weighted by atomic mass is 9.63. The summed E-state index contributed by atoms with van der Waals surface area (Å²) in [7, 11) is -3.23. The summed E-state index contributed by atoms with van der Waals surface area (Å²) in [4.78, 5) is 1.09. The van der Waals surface area contributed by atoms with E-state index < -0.39 is 7.60 Å². The maximum absolute atomic E-state index is 13.0. The van der Waals surface area contributed by atoms with Gasteiger partial charge in [-0.1, -0.05) is 52.0 Å². The van der Waals surface area contributed by atoms with Crippen LogP contribution in [0, 0.1) is 0 Å². The van der Waals surface area contributed by atoms with Crippen LogP contribution in [0.1, 0.15) is 82.9 Å². The molecular formula is C25H35O3PS. The highest BCUT2D eigenvalue weighted by Gasteiger charge is 2.36. The first kappa shape index (κ1) is 23.5. The number of allylic oxidation sites excluding steroid dienone is 1. The molecule has 0 unspecified atom stereocenters. The second-order valence-electron chi connectivity index (χ2n) is 9.37. The average molecular weight is 447 g/mol. The molecule has 30 heavy (non-hydrogen) atoms. The molecule has 1 aromatic carbocycles. The van der Waals surface area contributed by atoms with Crippen molar-refractivity contribution >= 4 is 35.2 Å². The van der Waals surface area contributed by atoms with Gasteiger partial charge in [-0.2, -0.15) is 0 Å². The van der Waals surface area contributed by atoms with Crippen molar-refractivity contribution in [1.82, 2.24) is 0 Å². The summed E-state index contributed by atoms with van der Waals surface area (Å²) in [6.07, 6.45) is 4.65. The number of benzene rings is 1. The van der Waals surface area contributed by atoms with Gasteiger partial charge in [0.05, 0.1) is 13.2 Å². The third kappa shape index (κ3) is 4.67. The zero-order chi connectivity index (χ0) is 22.2. The number of hydrogen-bond acceptors (Lipinski definition) is 4. The van der Waals surface area contributed by atoms with Gasteiger partial charge in [0.15, 0.2) is 0 Å². The Morgan fingerprint density at radius 1 is 1.00 bits per heavy atom. The van der Waals surface area contributed by atoms with Crippen LogP contribution in [0.4, 0.5) is 0 Å². The molecule has 164 valence electrons. The van der Waals surface area contributed by atoms with Crippen molar-refractivity contribution in [3.63, 3.8) is 0 Å². The summed E-state index contributed by atoms with van der Waals surface area (Å²) in [6, 6.07) is 10.8. The van der Waals surface area contributed by atoms with Gasteiger partial charge in [0.1, 0.15) is 4.62 Å². The first-order chi connectivity index (χ1) is 14.0. The lowest BCUT2D eigenvalue weighted by molar-refractivity contribution is 0.230. The van der Waals surface area contributed by atoms with E-state index in [1.807, 2.05) is 26.0 Å². The lowest BCUT2D eigenvalue weighted by Gasteiger charge is -2.42.